The highest BCUT2D eigenvalue weighted by Crippen LogP contribution is 2.26. The van der Waals surface area contributed by atoms with Gasteiger partial charge in [0.15, 0.2) is 6.10 Å². The summed E-state index contributed by atoms with van der Waals surface area (Å²) < 4.78 is 18.1. The van der Waals surface area contributed by atoms with E-state index < -0.39 is 18.0 Å². The molecule has 0 saturated heterocycles. The van der Waals surface area contributed by atoms with Crippen LogP contribution in [0.2, 0.25) is 0 Å². The first-order valence-electron chi connectivity index (χ1n) is 4.58. The third kappa shape index (κ3) is 2.93. The highest BCUT2D eigenvalue weighted by atomic mass is 19.1. The zero-order valence-corrected chi connectivity index (χ0v) is 8.57. The minimum Gasteiger partial charge on any atom is -0.475 e. The quantitative estimate of drug-likeness (QED) is 0.830. The van der Waals surface area contributed by atoms with Crippen molar-refractivity contribution in [3.63, 3.8) is 0 Å². The van der Waals surface area contributed by atoms with E-state index in [0.717, 1.165) is 0 Å². The lowest BCUT2D eigenvalue weighted by Gasteiger charge is -2.14. The van der Waals surface area contributed by atoms with Gasteiger partial charge in [0.25, 0.3) is 0 Å². The number of nitriles is 1. The Morgan fingerprint density at radius 3 is 2.67 bits per heavy atom. The summed E-state index contributed by atoms with van der Waals surface area (Å²) in [5.74, 6) is -0.108. The van der Waals surface area contributed by atoms with Crippen LogP contribution in [-0.2, 0) is 0 Å². The van der Waals surface area contributed by atoms with E-state index >= 15 is 0 Å². The fourth-order valence-corrected chi connectivity index (χ4v) is 1.17. The standard InChI is InChI=1S/C11H12FNO2/c1-7(6-13)15-11-4-3-9(12)5-10(11)8(2)14/h3-5,7-8,14H,1-2H3/t7?,8-/m0/s1. The Bertz CT molecular complexity index is 385. The van der Waals surface area contributed by atoms with E-state index in [0.29, 0.717) is 11.3 Å². The third-order valence-electron chi connectivity index (χ3n) is 1.91. The van der Waals surface area contributed by atoms with E-state index in [9.17, 15) is 9.50 Å². The summed E-state index contributed by atoms with van der Waals surface area (Å²) >= 11 is 0. The molecular weight excluding hydrogens is 197 g/mol. The van der Waals surface area contributed by atoms with Crippen LogP contribution in [0, 0.1) is 17.1 Å². The van der Waals surface area contributed by atoms with Gasteiger partial charge in [0, 0.05) is 5.56 Å². The van der Waals surface area contributed by atoms with Crippen molar-refractivity contribution in [1.82, 2.24) is 0 Å². The largest absolute Gasteiger partial charge is 0.475 e. The van der Waals surface area contributed by atoms with Gasteiger partial charge < -0.3 is 9.84 Å². The SMILES string of the molecule is CC(C#N)Oc1ccc(F)cc1[C@H](C)O. The molecule has 0 aliphatic rings. The Labute approximate surface area is 87.7 Å². The second-order valence-electron chi connectivity index (χ2n) is 3.25. The summed E-state index contributed by atoms with van der Waals surface area (Å²) in [6.07, 6.45) is -1.46. The Hall–Kier alpha value is -1.60. The summed E-state index contributed by atoms with van der Waals surface area (Å²) in [6.45, 7) is 3.09. The number of ether oxygens (including phenoxy) is 1. The molecule has 0 saturated carbocycles. The minimum atomic E-state index is -0.832. The lowest BCUT2D eigenvalue weighted by atomic mass is 10.1. The zero-order chi connectivity index (χ0) is 11.4. The first-order chi connectivity index (χ1) is 7.04. The monoisotopic (exact) mass is 209 g/mol. The maximum Gasteiger partial charge on any atom is 0.181 e. The average molecular weight is 209 g/mol. The van der Waals surface area contributed by atoms with Crippen molar-refractivity contribution in [1.29, 1.82) is 5.26 Å². The molecule has 0 fully saturated rings. The van der Waals surface area contributed by atoms with Crippen LogP contribution in [0.4, 0.5) is 4.39 Å². The van der Waals surface area contributed by atoms with Crippen LogP contribution in [0.25, 0.3) is 0 Å². The molecule has 0 radical (unpaired) electrons. The molecule has 1 aromatic carbocycles. The molecule has 80 valence electrons. The highest BCUT2D eigenvalue weighted by Gasteiger charge is 2.12. The molecule has 1 unspecified atom stereocenters. The van der Waals surface area contributed by atoms with Crippen LogP contribution >= 0.6 is 0 Å². The molecule has 3 nitrogen and oxygen atoms in total. The molecule has 0 bridgehead atoms. The lowest BCUT2D eigenvalue weighted by molar-refractivity contribution is 0.187. The van der Waals surface area contributed by atoms with Gasteiger partial charge in [-0.25, -0.2) is 4.39 Å². The second kappa shape index (κ2) is 4.76. The van der Waals surface area contributed by atoms with Crippen LogP contribution in [0.3, 0.4) is 0 Å². The molecule has 1 rings (SSSR count). The highest BCUT2D eigenvalue weighted by molar-refractivity contribution is 5.35. The van der Waals surface area contributed by atoms with Gasteiger partial charge in [0.1, 0.15) is 17.6 Å². The molecule has 15 heavy (non-hydrogen) atoms. The Kier molecular flexibility index (Phi) is 3.64. The molecule has 0 aromatic heterocycles. The van der Waals surface area contributed by atoms with Gasteiger partial charge in [-0.15, -0.1) is 0 Å². The molecule has 2 atom stereocenters. The number of halogens is 1. The van der Waals surface area contributed by atoms with Crippen molar-refractivity contribution < 1.29 is 14.2 Å². The summed E-state index contributed by atoms with van der Waals surface area (Å²) in [4.78, 5) is 0. The van der Waals surface area contributed by atoms with Crippen LogP contribution in [0.1, 0.15) is 25.5 Å². The lowest BCUT2D eigenvalue weighted by Crippen LogP contribution is -2.10. The summed E-state index contributed by atoms with van der Waals surface area (Å²) in [7, 11) is 0. The number of hydrogen-bond acceptors (Lipinski definition) is 3. The van der Waals surface area contributed by atoms with Crippen LogP contribution in [0.5, 0.6) is 5.75 Å². The molecule has 0 aliphatic carbocycles. The summed E-state index contributed by atoms with van der Waals surface area (Å²) in [5.41, 5.74) is 0.345. The van der Waals surface area contributed by atoms with E-state index in [2.05, 4.69) is 0 Å². The average Bonchev–Trinajstić information content (AvgIpc) is 2.20. The van der Waals surface area contributed by atoms with Crippen molar-refractivity contribution in [3.8, 4) is 11.8 Å². The molecule has 0 spiro atoms. The van der Waals surface area contributed by atoms with Crippen molar-refractivity contribution in [2.75, 3.05) is 0 Å². The maximum absolute atomic E-state index is 12.9. The van der Waals surface area contributed by atoms with Gasteiger partial charge >= 0.3 is 0 Å². The van der Waals surface area contributed by atoms with Gasteiger partial charge in [-0.3, -0.25) is 0 Å². The second-order valence-corrected chi connectivity index (χ2v) is 3.25. The first kappa shape index (κ1) is 11.5. The fourth-order valence-electron chi connectivity index (χ4n) is 1.17. The number of hydrogen-bond donors (Lipinski definition) is 1. The predicted molar refractivity (Wildman–Crippen MR) is 52.7 cm³/mol. The summed E-state index contributed by atoms with van der Waals surface area (Å²) in [6, 6.07) is 5.73. The molecule has 0 heterocycles. The van der Waals surface area contributed by atoms with Crippen molar-refractivity contribution in [2.45, 2.75) is 26.1 Å². The Morgan fingerprint density at radius 2 is 2.13 bits per heavy atom. The number of rotatable bonds is 3. The van der Waals surface area contributed by atoms with Crippen LogP contribution in [-0.4, -0.2) is 11.2 Å². The predicted octanol–water partition coefficient (Wildman–Crippen LogP) is 2.17. The fraction of sp³-hybridized carbons (Fsp3) is 0.364. The van der Waals surface area contributed by atoms with Gasteiger partial charge in [0.2, 0.25) is 0 Å². The normalized spacial score (nSPS) is 14.1. The van der Waals surface area contributed by atoms with Gasteiger partial charge in [-0.1, -0.05) is 0 Å². The van der Waals surface area contributed by atoms with Crippen molar-refractivity contribution in [3.05, 3.63) is 29.6 Å². The summed E-state index contributed by atoms with van der Waals surface area (Å²) in [5, 5.41) is 18.0. The van der Waals surface area contributed by atoms with E-state index in [1.165, 1.54) is 25.1 Å². The van der Waals surface area contributed by atoms with E-state index in [1.54, 1.807) is 6.92 Å². The number of nitrogens with zero attached hydrogens (tertiary/aromatic N) is 1. The first-order valence-corrected chi connectivity index (χ1v) is 4.58. The number of benzene rings is 1. The molecule has 0 aliphatic heterocycles. The topological polar surface area (TPSA) is 53.2 Å². The van der Waals surface area contributed by atoms with Crippen LogP contribution < -0.4 is 4.74 Å². The van der Waals surface area contributed by atoms with Gasteiger partial charge in [-0.05, 0) is 32.0 Å². The zero-order valence-electron chi connectivity index (χ0n) is 8.57. The van der Waals surface area contributed by atoms with Gasteiger partial charge in [-0.2, -0.15) is 5.26 Å². The van der Waals surface area contributed by atoms with E-state index in [1.807, 2.05) is 6.07 Å². The van der Waals surface area contributed by atoms with Gasteiger partial charge in [0.05, 0.1) is 6.10 Å². The third-order valence-corrected chi connectivity index (χ3v) is 1.91. The van der Waals surface area contributed by atoms with E-state index in [4.69, 9.17) is 10.00 Å². The smallest absolute Gasteiger partial charge is 0.181 e. The molecule has 0 amide bonds. The van der Waals surface area contributed by atoms with Crippen molar-refractivity contribution >= 4 is 0 Å². The number of aliphatic hydroxyl groups is 1. The van der Waals surface area contributed by atoms with Crippen molar-refractivity contribution in [2.24, 2.45) is 0 Å². The molecular formula is C11H12FNO2. The van der Waals surface area contributed by atoms with E-state index in [-0.39, 0.29) is 0 Å². The maximum atomic E-state index is 12.9. The number of aliphatic hydroxyl groups excluding tert-OH is 1. The molecule has 1 N–H and O–H groups in total. The molecule has 1 aromatic rings. The van der Waals surface area contributed by atoms with Crippen LogP contribution in [0.15, 0.2) is 18.2 Å². The Balaban J connectivity index is 3.02. The minimum absolute atomic E-state index is 0.334. The Morgan fingerprint density at radius 1 is 1.47 bits per heavy atom. The molecule has 4 heteroatoms.